The lowest BCUT2D eigenvalue weighted by atomic mass is 9.80. The first kappa shape index (κ1) is 24.5. The second kappa shape index (κ2) is 10.7. The highest BCUT2D eigenvalue weighted by atomic mass is 19.4. The minimum Gasteiger partial charge on any atom is -0.459 e. The van der Waals surface area contributed by atoms with Crippen molar-refractivity contribution in [1.29, 1.82) is 0 Å². The molecule has 2 aliphatic rings. The Kier molecular flexibility index (Phi) is 8.19. The van der Waals surface area contributed by atoms with E-state index in [1.54, 1.807) is 11.0 Å². The van der Waals surface area contributed by atoms with E-state index in [2.05, 4.69) is 4.90 Å². The Morgan fingerprint density at radius 1 is 1.19 bits per heavy atom. The van der Waals surface area contributed by atoms with Crippen LogP contribution in [0.25, 0.3) is 0 Å². The van der Waals surface area contributed by atoms with Crippen molar-refractivity contribution in [2.75, 3.05) is 46.4 Å². The van der Waals surface area contributed by atoms with Crippen LogP contribution in [0.5, 0.6) is 0 Å². The second-order valence-corrected chi connectivity index (χ2v) is 8.24. The maximum atomic E-state index is 13.2. The molecular formula is C23H31F3N2O4. The molecule has 9 heteroatoms. The molecule has 3 atom stereocenters. The summed E-state index contributed by atoms with van der Waals surface area (Å²) in [6, 6.07) is 5.00. The van der Waals surface area contributed by atoms with Gasteiger partial charge in [-0.2, -0.15) is 13.2 Å². The minimum absolute atomic E-state index is 0.0220. The van der Waals surface area contributed by atoms with Crippen LogP contribution in [0.2, 0.25) is 0 Å². The number of rotatable bonds is 7. The van der Waals surface area contributed by atoms with Gasteiger partial charge in [-0.15, -0.1) is 0 Å². The number of ether oxygens (including phenoxy) is 2. The number of benzene rings is 1. The van der Waals surface area contributed by atoms with E-state index in [0.29, 0.717) is 38.1 Å². The van der Waals surface area contributed by atoms with Gasteiger partial charge in [0, 0.05) is 51.2 Å². The Labute approximate surface area is 186 Å². The third-order valence-corrected chi connectivity index (χ3v) is 6.04. The highest BCUT2D eigenvalue weighted by Gasteiger charge is 2.39. The monoisotopic (exact) mass is 456 g/mol. The zero-order valence-electron chi connectivity index (χ0n) is 18.5. The summed E-state index contributed by atoms with van der Waals surface area (Å²) >= 11 is 0. The summed E-state index contributed by atoms with van der Waals surface area (Å²) in [5, 5.41) is 9.34. The number of piperazine rings is 1. The molecule has 0 unspecified atom stereocenters. The van der Waals surface area contributed by atoms with Gasteiger partial charge in [0.1, 0.15) is 0 Å². The minimum atomic E-state index is -4.42. The Bertz CT molecular complexity index is 789. The van der Waals surface area contributed by atoms with Gasteiger partial charge < -0.3 is 24.4 Å². The standard InChI is InChI=1S/C23H31F3N2O4/c1-3-31-22-18(5-4-14-29)19(16-6-8-17(9-7-16)23(24,25)26)15-20(32-22)21(30)28-12-10-27(2)11-13-28/h6-9,15,18-19,22,29H,3-5,10-14H2,1-2H3/t18-,19-,22-/m0/s1. The van der Waals surface area contributed by atoms with Crippen molar-refractivity contribution in [3.8, 4) is 0 Å². The molecule has 0 bridgehead atoms. The van der Waals surface area contributed by atoms with Gasteiger partial charge >= 0.3 is 6.18 Å². The Hall–Kier alpha value is -2.10. The van der Waals surface area contributed by atoms with Crippen LogP contribution < -0.4 is 0 Å². The van der Waals surface area contributed by atoms with Gasteiger partial charge in [0.05, 0.1) is 5.56 Å². The highest BCUT2D eigenvalue weighted by Crippen LogP contribution is 2.40. The van der Waals surface area contributed by atoms with E-state index >= 15 is 0 Å². The molecule has 3 rings (SSSR count). The number of alkyl halides is 3. The van der Waals surface area contributed by atoms with E-state index in [1.807, 2.05) is 14.0 Å². The number of aliphatic hydroxyl groups is 1. The largest absolute Gasteiger partial charge is 0.459 e. The van der Waals surface area contributed by atoms with E-state index in [9.17, 15) is 23.1 Å². The Morgan fingerprint density at radius 3 is 2.41 bits per heavy atom. The number of likely N-dealkylation sites (N-methyl/N-ethyl adjacent to an activating group) is 1. The van der Waals surface area contributed by atoms with Crippen molar-refractivity contribution in [2.24, 2.45) is 5.92 Å². The summed E-state index contributed by atoms with van der Waals surface area (Å²) < 4.78 is 50.9. The fourth-order valence-corrected chi connectivity index (χ4v) is 4.20. The van der Waals surface area contributed by atoms with Gasteiger partial charge in [0.15, 0.2) is 5.76 Å². The molecule has 0 aliphatic carbocycles. The summed E-state index contributed by atoms with van der Waals surface area (Å²) in [5.74, 6) is -0.693. The number of hydrogen-bond donors (Lipinski definition) is 1. The van der Waals surface area contributed by atoms with Gasteiger partial charge in [-0.05, 0) is 50.6 Å². The van der Waals surface area contributed by atoms with Crippen LogP contribution in [0.4, 0.5) is 13.2 Å². The summed E-state index contributed by atoms with van der Waals surface area (Å²) in [7, 11) is 2.00. The van der Waals surface area contributed by atoms with Crippen molar-refractivity contribution < 1.29 is 32.5 Å². The third kappa shape index (κ3) is 5.82. The van der Waals surface area contributed by atoms with Crippen molar-refractivity contribution >= 4 is 5.91 Å². The molecule has 1 aromatic carbocycles. The van der Waals surface area contributed by atoms with E-state index in [-0.39, 0.29) is 30.1 Å². The lowest BCUT2D eigenvalue weighted by Crippen LogP contribution is -2.49. The zero-order valence-corrected chi connectivity index (χ0v) is 18.5. The summed E-state index contributed by atoms with van der Waals surface area (Å²) in [6.45, 7) is 4.83. The average molecular weight is 457 g/mol. The van der Waals surface area contributed by atoms with Gasteiger partial charge in [-0.25, -0.2) is 0 Å². The predicted molar refractivity (Wildman–Crippen MR) is 113 cm³/mol. The molecule has 1 fully saturated rings. The van der Waals surface area contributed by atoms with Crippen molar-refractivity contribution in [2.45, 2.75) is 38.1 Å². The fraction of sp³-hybridized carbons (Fsp3) is 0.609. The van der Waals surface area contributed by atoms with E-state index in [4.69, 9.17) is 9.47 Å². The van der Waals surface area contributed by atoms with Crippen molar-refractivity contribution in [3.05, 3.63) is 47.2 Å². The van der Waals surface area contributed by atoms with Crippen LogP contribution in [0.15, 0.2) is 36.1 Å². The molecule has 2 heterocycles. The summed E-state index contributed by atoms with van der Waals surface area (Å²) in [4.78, 5) is 17.0. The number of carbonyl (C=O) groups excluding carboxylic acids is 1. The molecule has 6 nitrogen and oxygen atoms in total. The van der Waals surface area contributed by atoms with Crippen molar-refractivity contribution in [3.63, 3.8) is 0 Å². The topological polar surface area (TPSA) is 62.2 Å². The number of halogens is 3. The average Bonchev–Trinajstić information content (AvgIpc) is 2.77. The molecule has 0 radical (unpaired) electrons. The normalized spacial score (nSPS) is 24.8. The van der Waals surface area contributed by atoms with Gasteiger partial charge in [-0.3, -0.25) is 4.79 Å². The summed E-state index contributed by atoms with van der Waals surface area (Å²) in [5.41, 5.74) is -0.0723. The van der Waals surface area contributed by atoms with E-state index in [0.717, 1.165) is 25.2 Å². The number of nitrogens with zero attached hydrogens (tertiary/aromatic N) is 2. The lowest BCUT2D eigenvalue weighted by Gasteiger charge is -2.39. The van der Waals surface area contributed by atoms with Gasteiger partial charge in [-0.1, -0.05) is 12.1 Å². The first-order chi connectivity index (χ1) is 15.2. The maximum absolute atomic E-state index is 13.2. The van der Waals surface area contributed by atoms with Gasteiger partial charge in [0.25, 0.3) is 5.91 Å². The highest BCUT2D eigenvalue weighted by molar-refractivity contribution is 5.92. The Morgan fingerprint density at radius 2 is 1.84 bits per heavy atom. The van der Waals surface area contributed by atoms with Crippen LogP contribution >= 0.6 is 0 Å². The second-order valence-electron chi connectivity index (χ2n) is 8.24. The lowest BCUT2D eigenvalue weighted by molar-refractivity contribution is -0.170. The summed E-state index contributed by atoms with van der Waals surface area (Å²) in [6.07, 6.45) is -2.41. The number of hydrogen-bond acceptors (Lipinski definition) is 5. The molecular weight excluding hydrogens is 425 g/mol. The molecule has 32 heavy (non-hydrogen) atoms. The van der Waals surface area contributed by atoms with Crippen LogP contribution in [0.1, 0.15) is 36.8 Å². The third-order valence-electron chi connectivity index (χ3n) is 6.04. The van der Waals surface area contributed by atoms with Crippen molar-refractivity contribution in [1.82, 2.24) is 9.80 Å². The molecule has 178 valence electrons. The molecule has 0 aromatic heterocycles. The molecule has 1 aromatic rings. The molecule has 2 aliphatic heterocycles. The zero-order chi connectivity index (χ0) is 23.3. The van der Waals surface area contributed by atoms with Crippen LogP contribution in [-0.4, -0.2) is 73.5 Å². The molecule has 0 saturated carbocycles. The van der Waals surface area contributed by atoms with E-state index < -0.39 is 18.0 Å². The number of amides is 1. The predicted octanol–water partition coefficient (Wildman–Crippen LogP) is 3.23. The number of allylic oxidation sites excluding steroid dienone is 1. The van der Waals surface area contributed by atoms with Crippen LogP contribution in [0, 0.1) is 5.92 Å². The fourth-order valence-electron chi connectivity index (χ4n) is 4.20. The molecule has 1 N–H and O–H groups in total. The SMILES string of the molecule is CCO[C@H]1OC(C(=O)N2CCN(C)CC2)=C[C@@H](c2ccc(C(F)(F)F)cc2)[C@@H]1CCCO. The Balaban J connectivity index is 1.93. The van der Waals surface area contributed by atoms with Gasteiger partial charge in [0.2, 0.25) is 6.29 Å². The molecule has 0 spiro atoms. The smallest absolute Gasteiger partial charge is 0.416 e. The first-order valence-corrected chi connectivity index (χ1v) is 11.0. The molecule has 1 amide bonds. The van der Waals surface area contributed by atoms with Crippen LogP contribution in [0.3, 0.4) is 0 Å². The first-order valence-electron chi connectivity index (χ1n) is 11.0. The molecule has 1 saturated heterocycles. The number of aliphatic hydroxyl groups excluding tert-OH is 1. The maximum Gasteiger partial charge on any atom is 0.416 e. The number of carbonyl (C=O) groups is 1. The quantitative estimate of drug-likeness (QED) is 0.683. The van der Waals surface area contributed by atoms with E-state index in [1.165, 1.54) is 12.1 Å². The van der Waals surface area contributed by atoms with Crippen LogP contribution in [-0.2, 0) is 20.4 Å².